The molecule has 0 aliphatic carbocycles. The standard InChI is InChI=1S/C32H40N2O2/c1-5-21-33(22-6-2)27-17-13-25(14-18-27)32(30-12-10-9-11-29(30)31(35)36-32)26-15-19-28(20-16-26)34(23-7-3)24-8-4/h9-20H,5-8,21-24H2,1-4H3. The maximum absolute atomic E-state index is 13.1. The summed E-state index contributed by atoms with van der Waals surface area (Å²) in [4.78, 5) is 17.9. The van der Waals surface area contributed by atoms with Crippen molar-refractivity contribution in [3.8, 4) is 0 Å². The van der Waals surface area contributed by atoms with Crippen molar-refractivity contribution in [1.82, 2.24) is 0 Å². The second kappa shape index (κ2) is 11.6. The average Bonchev–Trinajstić information content (AvgIpc) is 3.22. The summed E-state index contributed by atoms with van der Waals surface area (Å²) in [5.74, 6) is -0.268. The predicted molar refractivity (Wildman–Crippen MR) is 150 cm³/mol. The van der Waals surface area contributed by atoms with E-state index in [4.69, 9.17) is 4.74 Å². The molecule has 0 atom stereocenters. The van der Waals surface area contributed by atoms with E-state index in [1.54, 1.807) is 0 Å². The first-order valence-corrected chi connectivity index (χ1v) is 13.6. The lowest BCUT2D eigenvalue weighted by molar-refractivity contribution is 0.0251. The second-order valence-electron chi connectivity index (χ2n) is 9.68. The molecule has 0 saturated heterocycles. The fourth-order valence-corrected chi connectivity index (χ4v) is 5.45. The van der Waals surface area contributed by atoms with Crippen molar-refractivity contribution in [3.05, 3.63) is 95.1 Å². The number of carbonyl (C=O) groups excluding carboxylic acids is 1. The van der Waals surface area contributed by atoms with Crippen molar-refractivity contribution in [2.75, 3.05) is 36.0 Å². The molecule has 0 amide bonds. The van der Waals surface area contributed by atoms with Gasteiger partial charge in [-0.1, -0.05) is 70.2 Å². The maximum Gasteiger partial charge on any atom is 0.340 e. The van der Waals surface area contributed by atoms with E-state index >= 15 is 0 Å². The highest BCUT2D eigenvalue weighted by Crippen LogP contribution is 2.47. The first kappa shape index (κ1) is 25.8. The van der Waals surface area contributed by atoms with Gasteiger partial charge in [-0.05, 0) is 56.0 Å². The van der Waals surface area contributed by atoms with Crippen LogP contribution in [0, 0.1) is 0 Å². The molecule has 4 nitrogen and oxygen atoms in total. The molecule has 1 heterocycles. The van der Waals surface area contributed by atoms with Crippen molar-refractivity contribution >= 4 is 17.3 Å². The first-order valence-electron chi connectivity index (χ1n) is 13.6. The largest absolute Gasteiger partial charge is 0.441 e. The average molecular weight is 485 g/mol. The third-order valence-electron chi connectivity index (χ3n) is 7.02. The van der Waals surface area contributed by atoms with Gasteiger partial charge in [0.25, 0.3) is 0 Å². The number of fused-ring (bicyclic) bond motifs is 1. The molecular formula is C32H40N2O2. The summed E-state index contributed by atoms with van der Waals surface area (Å²) < 4.78 is 6.32. The summed E-state index contributed by atoms with van der Waals surface area (Å²) in [6, 6.07) is 25.1. The van der Waals surface area contributed by atoms with Gasteiger partial charge < -0.3 is 14.5 Å². The van der Waals surface area contributed by atoms with Gasteiger partial charge >= 0.3 is 5.97 Å². The zero-order valence-corrected chi connectivity index (χ0v) is 22.3. The Morgan fingerprint density at radius 3 is 1.44 bits per heavy atom. The number of hydrogen-bond donors (Lipinski definition) is 0. The molecule has 0 N–H and O–H groups in total. The number of cyclic esters (lactones) is 1. The van der Waals surface area contributed by atoms with E-state index in [2.05, 4.69) is 86.0 Å². The Labute approximate surface area is 216 Å². The van der Waals surface area contributed by atoms with Gasteiger partial charge in [0.15, 0.2) is 5.60 Å². The molecule has 190 valence electrons. The summed E-state index contributed by atoms with van der Waals surface area (Å²) in [6.45, 7) is 13.0. The van der Waals surface area contributed by atoms with Crippen LogP contribution in [0.3, 0.4) is 0 Å². The van der Waals surface area contributed by atoms with Crippen LogP contribution in [0.5, 0.6) is 0 Å². The van der Waals surface area contributed by atoms with Gasteiger partial charge in [0.05, 0.1) is 5.56 Å². The highest BCUT2D eigenvalue weighted by Gasteiger charge is 2.48. The maximum atomic E-state index is 13.1. The molecule has 4 rings (SSSR count). The van der Waals surface area contributed by atoms with E-state index in [1.165, 1.54) is 11.4 Å². The second-order valence-corrected chi connectivity index (χ2v) is 9.68. The van der Waals surface area contributed by atoms with Crippen molar-refractivity contribution in [2.45, 2.75) is 59.0 Å². The quantitative estimate of drug-likeness (QED) is 0.251. The van der Waals surface area contributed by atoms with Gasteiger partial charge in [0, 0.05) is 54.2 Å². The van der Waals surface area contributed by atoms with Crippen LogP contribution in [0.4, 0.5) is 11.4 Å². The van der Waals surface area contributed by atoms with Crippen molar-refractivity contribution in [1.29, 1.82) is 0 Å². The van der Waals surface area contributed by atoms with E-state index in [1.807, 2.05) is 24.3 Å². The summed E-state index contributed by atoms with van der Waals surface area (Å²) in [5, 5.41) is 0. The third kappa shape index (κ3) is 4.86. The van der Waals surface area contributed by atoms with E-state index in [9.17, 15) is 4.79 Å². The normalized spacial score (nSPS) is 13.8. The van der Waals surface area contributed by atoms with Crippen LogP contribution in [-0.4, -0.2) is 32.1 Å². The minimum Gasteiger partial charge on any atom is -0.441 e. The van der Waals surface area contributed by atoms with E-state index in [0.717, 1.165) is 68.6 Å². The molecular weight excluding hydrogens is 444 g/mol. The summed E-state index contributed by atoms with van der Waals surface area (Å²) in [7, 11) is 0. The van der Waals surface area contributed by atoms with Crippen LogP contribution in [0.1, 0.15) is 80.4 Å². The number of nitrogens with zero attached hydrogens (tertiary/aromatic N) is 2. The minimum atomic E-state index is -0.953. The predicted octanol–water partition coefficient (Wildman–Crippen LogP) is 7.40. The van der Waals surface area contributed by atoms with Crippen LogP contribution in [0.25, 0.3) is 0 Å². The minimum absolute atomic E-state index is 0.268. The highest BCUT2D eigenvalue weighted by atomic mass is 16.6. The molecule has 0 aromatic heterocycles. The Kier molecular flexibility index (Phi) is 8.35. The molecule has 3 aromatic rings. The lowest BCUT2D eigenvalue weighted by Gasteiger charge is -2.32. The molecule has 1 aliphatic rings. The third-order valence-corrected chi connectivity index (χ3v) is 7.02. The zero-order valence-electron chi connectivity index (χ0n) is 22.3. The molecule has 0 bridgehead atoms. The van der Waals surface area contributed by atoms with E-state index < -0.39 is 5.60 Å². The lowest BCUT2D eigenvalue weighted by Crippen LogP contribution is -2.30. The number of rotatable bonds is 12. The van der Waals surface area contributed by atoms with Crippen LogP contribution in [-0.2, 0) is 10.3 Å². The van der Waals surface area contributed by atoms with Crippen LogP contribution >= 0.6 is 0 Å². The van der Waals surface area contributed by atoms with Crippen LogP contribution in [0.15, 0.2) is 72.8 Å². The Bertz CT molecular complexity index is 1070. The molecule has 0 saturated carbocycles. The summed E-state index contributed by atoms with van der Waals surface area (Å²) in [5.41, 5.74) is 4.97. The van der Waals surface area contributed by atoms with Crippen LogP contribution in [0.2, 0.25) is 0 Å². The lowest BCUT2D eigenvalue weighted by atomic mass is 9.80. The van der Waals surface area contributed by atoms with Gasteiger partial charge in [-0.25, -0.2) is 4.79 Å². The van der Waals surface area contributed by atoms with Crippen molar-refractivity contribution in [2.24, 2.45) is 0 Å². The number of hydrogen-bond acceptors (Lipinski definition) is 4. The molecule has 4 heteroatoms. The van der Waals surface area contributed by atoms with E-state index in [-0.39, 0.29) is 5.97 Å². The number of benzene rings is 3. The molecule has 0 unspecified atom stereocenters. The fraction of sp³-hybridized carbons (Fsp3) is 0.406. The molecule has 0 radical (unpaired) electrons. The SMILES string of the molecule is CCCN(CCC)c1ccc(C2(c3ccc(N(CCC)CCC)cc3)OC(=O)c3ccccc32)cc1. The van der Waals surface area contributed by atoms with Gasteiger partial charge in [0.1, 0.15) is 0 Å². The number of anilines is 2. The number of esters is 1. The number of carbonyl (C=O) groups is 1. The Hall–Kier alpha value is -3.27. The highest BCUT2D eigenvalue weighted by molar-refractivity contribution is 5.96. The topological polar surface area (TPSA) is 32.8 Å². The Morgan fingerprint density at radius 2 is 1.03 bits per heavy atom. The summed E-state index contributed by atoms with van der Waals surface area (Å²) >= 11 is 0. The molecule has 0 spiro atoms. The first-order chi connectivity index (χ1) is 17.6. The van der Waals surface area contributed by atoms with Crippen molar-refractivity contribution in [3.63, 3.8) is 0 Å². The Morgan fingerprint density at radius 1 is 0.611 bits per heavy atom. The molecule has 3 aromatic carbocycles. The summed E-state index contributed by atoms with van der Waals surface area (Å²) in [6.07, 6.45) is 4.43. The van der Waals surface area contributed by atoms with Gasteiger partial charge in [-0.2, -0.15) is 0 Å². The molecule has 1 aliphatic heterocycles. The molecule has 36 heavy (non-hydrogen) atoms. The van der Waals surface area contributed by atoms with Crippen LogP contribution < -0.4 is 9.80 Å². The Balaban J connectivity index is 1.79. The molecule has 0 fully saturated rings. The van der Waals surface area contributed by atoms with E-state index in [0.29, 0.717) is 5.56 Å². The smallest absolute Gasteiger partial charge is 0.340 e. The zero-order chi connectivity index (χ0) is 25.5. The van der Waals surface area contributed by atoms with Gasteiger partial charge in [0.2, 0.25) is 0 Å². The number of ether oxygens (including phenoxy) is 1. The van der Waals surface area contributed by atoms with Gasteiger partial charge in [-0.15, -0.1) is 0 Å². The monoisotopic (exact) mass is 484 g/mol. The van der Waals surface area contributed by atoms with Crippen molar-refractivity contribution < 1.29 is 9.53 Å². The fourth-order valence-electron chi connectivity index (χ4n) is 5.45. The van der Waals surface area contributed by atoms with Gasteiger partial charge in [-0.3, -0.25) is 0 Å².